The average Bonchev–Trinajstić information content (AvgIpc) is 2.93. The second-order valence-electron chi connectivity index (χ2n) is 5.69. The number of benzene rings is 1. The second-order valence-corrected chi connectivity index (χ2v) is 6.77. The number of hydrogen-bond acceptors (Lipinski definition) is 4. The predicted molar refractivity (Wildman–Crippen MR) is 87.8 cm³/mol. The van der Waals surface area contributed by atoms with Gasteiger partial charge in [-0.2, -0.15) is 0 Å². The summed E-state index contributed by atoms with van der Waals surface area (Å²) < 4.78 is 0. The fourth-order valence-corrected chi connectivity index (χ4v) is 3.88. The molecule has 1 heterocycles. The third-order valence-electron chi connectivity index (χ3n) is 4.13. The number of fused-ring (bicyclic) bond motifs is 1. The summed E-state index contributed by atoms with van der Waals surface area (Å²) in [5.74, 6) is -1.11. The molecule has 1 unspecified atom stereocenters. The van der Waals surface area contributed by atoms with Crippen LogP contribution in [0.3, 0.4) is 0 Å². The Morgan fingerprint density at radius 1 is 1.39 bits per heavy atom. The van der Waals surface area contributed by atoms with Gasteiger partial charge >= 0.3 is 5.97 Å². The Morgan fingerprint density at radius 2 is 2.17 bits per heavy atom. The molecular weight excluding hydrogens is 312 g/mol. The Bertz CT molecular complexity index is 754. The fraction of sp³-hybridized carbons (Fsp3) is 0.353. The van der Waals surface area contributed by atoms with Crippen LogP contribution in [0.5, 0.6) is 0 Å². The van der Waals surface area contributed by atoms with Crippen molar-refractivity contribution in [2.24, 2.45) is 0 Å². The SMILES string of the molecule is Cc1nc(CNC(=O)C2CCCc3ccccc32)sc1C(=O)O. The molecule has 1 aliphatic rings. The molecule has 0 saturated heterocycles. The zero-order chi connectivity index (χ0) is 16.4. The smallest absolute Gasteiger partial charge is 0.347 e. The van der Waals surface area contributed by atoms with Crippen molar-refractivity contribution in [3.05, 3.63) is 51.0 Å². The summed E-state index contributed by atoms with van der Waals surface area (Å²) in [6.45, 7) is 1.94. The Labute approximate surface area is 138 Å². The summed E-state index contributed by atoms with van der Waals surface area (Å²) >= 11 is 1.12. The first-order chi connectivity index (χ1) is 11.1. The minimum absolute atomic E-state index is 0.0121. The molecule has 0 fully saturated rings. The van der Waals surface area contributed by atoms with E-state index in [1.165, 1.54) is 5.56 Å². The van der Waals surface area contributed by atoms with Crippen LogP contribution >= 0.6 is 11.3 Å². The number of carboxylic acid groups (broad SMARTS) is 1. The maximum atomic E-state index is 12.5. The number of thiazole rings is 1. The highest BCUT2D eigenvalue weighted by molar-refractivity contribution is 7.13. The van der Waals surface area contributed by atoms with Gasteiger partial charge in [-0.1, -0.05) is 24.3 Å². The number of nitrogens with zero attached hydrogens (tertiary/aromatic N) is 1. The highest BCUT2D eigenvalue weighted by atomic mass is 32.1. The van der Waals surface area contributed by atoms with Crippen LogP contribution in [-0.2, 0) is 17.8 Å². The van der Waals surface area contributed by atoms with Gasteiger partial charge in [-0.15, -0.1) is 11.3 Å². The summed E-state index contributed by atoms with van der Waals surface area (Å²) in [6, 6.07) is 8.07. The van der Waals surface area contributed by atoms with Crippen molar-refractivity contribution in [2.45, 2.75) is 38.6 Å². The number of aromatic carboxylic acids is 1. The number of aromatic nitrogens is 1. The van der Waals surface area contributed by atoms with Gasteiger partial charge in [-0.3, -0.25) is 4.79 Å². The van der Waals surface area contributed by atoms with Crippen LogP contribution < -0.4 is 5.32 Å². The molecule has 0 aliphatic heterocycles. The molecule has 0 bridgehead atoms. The van der Waals surface area contributed by atoms with E-state index in [4.69, 9.17) is 5.11 Å². The Balaban J connectivity index is 1.69. The normalized spacial score (nSPS) is 16.7. The van der Waals surface area contributed by atoms with Gasteiger partial charge in [-0.05, 0) is 37.3 Å². The van der Waals surface area contributed by atoms with Crippen molar-refractivity contribution in [3.63, 3.8) is 0 Å². The number of carboxylic acids is 1. The van der Waals surface area contributed by atoms with E-state index in [0.29, 0.717) is 10.7 Å². The monoisotopic (exact) mass is 330 g/mol. The van der Waals surface area contributed by atoms with Crippen molar-refractivity contribution in [1.82, 2.24) is 10.3 Å². The van der Waals surface area contributed by atoms with Crippen LogP contribution in [0, 0.1) is 6.92 Å². The van der Waals surface area contributed by atoms with Crippen LogP contribution in [-0.4, -0.2) is 22.0 Å². The zero-order valence-electron chi connectivity index (χ0n) is 12.8. The highest BCUT2D eigenvalue weighted by Gasteiger charge is 2.26. The van der Waals surface area contributed by atoms with Gasteiger partial charge in [0.05, 0.1) is 18.2 Å². The van der Waals surface area contributed by atoms with E-state index in [1.54, 1.807) is 6.92 Å². The number of rotatable bonds is 4. The number of hydrogen-bond donors (Lipinski definition) is 2. The number of aryl methyl sites for hydroxylation is 2. The standard InChI is InChI=1S/C17H18N2O3S/c1-10-15(17(21)22)23-14(19-10)9-18-16(20)13-8-4-6-11-5-2-3-7-12(11)13/h2-3,5,7,13H,4,6,8-9H2,1H3,(H,18,20)(H,21,22). The average molecular weight is 330 g/mol. The molecule has 6 heteroatoms. The lowest BCUT2D eigenvalue weighted by Gasteiger charge is -2.24. The van der Waals surface area contributed by atoms with E-state index < -0.39 is 5.97 Å². The van der Waals surface area contributed by atoms with Crippen LogP contribution in [0.15, 0.2) is 24.3 Å². The molecule has 1 aliphatic carbocycles. The number of carbonyl (C=O) groups is 2. The molecule has 120 valence electrons. The van der Waals surface area contributed by atoms with Crippen molar-refractivity contribution >= 4 is 23.2 Å². The summed E-state index contributed by atoms with van der Waals surface area (Å²) in [6.07, 6.45) is 2.88. The predicted octanol–water partition coefficient (Wildman–Crippen LogP) is 2.89. The number of amides is 1. The van der Waals surface area contributed by atoms with Gasteiger partial charge in [0, 0.05) is 0 Å². The Kier molecular flexibility index (Phi) is 4.43. The van der Waals surface area contributed by atoms with Gasteiger partial charge in [0.1, 0.15) is 9.88 Å². The Hall–Kier alpha value is -2.21. The summed E-state index contributed by atoms with van der Waals surface area (Å²) in [7, 11) is 0. The van der Waals surface area contributed by atoms with Crippen molar-refractivity contribution in [1.29, 1.82) is 0 Å². The maximum Gasteiger partial charge on any atom is 0.347 e. The first kappa shape index (κ1) is 15.7. The minimum atomic E-state index is -0.973. The number of carbonyl (C=O) groups excluding carboxylic acids is 1. The summed E-state index contributed by atoms with van der Waals surface area (Å²) in [4.78, 5) is 28.0. The largest absolute Gasteiger partial charge is 0.477 e. The third kappa shape index (κ3) is 3.27. The minimum Gasteiger partial charge on any atom is -0.477 e. The van der Waals surface area contributed by atoms with Gasteiger partial charge in [0.25, 0.3) is 0 Å². The first-order valence-corrected chi connectivity index (χ1v) is 8.43. The van der Waals surface area contributed by atoms with Crippen LogP contribution in [0.2, 0.25) is 0 Å². The Morgan fingerprint density at radius 3 is 2.91 bits per heavy atom. The molecule has 0 saturated carbocycles. The van der Waals surface area contributed by atoms with Crippen molar-refractivity contribution in [3.8, 4) is 0 Å². The fourth-order valence-electron chi connectivity index (χ4n) is 3.04. The van der Waals surface area contributed by atoms with Gasteiger partial charge in [-0.25, -0.2) is 9.78 Å². The molecule has 1 amide bonds. The quantitative estimate of drug-likeness (QED) is 0.903. The molecule has 1 atom stereocenters. The lowest BCUT2D eigenvalue weighted by Crippen LogP contribution is -2.31. The van der Waals surface area contributed by atoms with E-state index in [-0.39, 0.29) is 23.2 Å². The second kappa shape index (κ2) is 6.50. The molecule has 0 spiro atoms. The highest BCUT2D eigenvalue weighted by Crippen LogP contribution is 2.31. The lowest BCUT2D eigenvalue weighted by atomic mass is 9.82. The molecule has 3 rings (SSSR count). The summed E-state index contributed by atoms with van der Waals surface area (Å²) in [5.41, 5.74) is 2.85. The lowest BCUT2D eigenvalue weighted by molar-refractivity contribution is -0.123. The van der Waals surface area contributed by atoms with Crippen LogP contribution in [0.4, 0.5) is 0 Å². The zero-order valence-corrected chi connectivity index (χ0v) is 13.7. The first-order valence-electron chi connectivity index (χ1n) is 7.61. The van der Waals surface area contributed by atoms with Gasteiger partial charge in [0.2, 0.25) is 5.91 Å². The van der Waals surface area contributed by atoms with Crippen molar-refractivity contribution in [2.75, 3.05) is 0 Å². The molecule has 1 aromatic heterocycles. The van der Waals surface area contributed by atoms with E-state index >= 15 is 0 Å². The van der Waals surface area contributed by atoms with Gasteiger partial charge in [0.15, 0.2) is 0 Å². The molecule has 1 aromatic carbocycles. The van der Waals surface area contributed by atoms with Crippen molar-refractivity contribution < 1.29 is 14.7 Å². The molecule has 23 heavy (non-hydrogen) atoms. The number of nitrogens with one attached hydrogen (secondary N) is 1. The molecule has 5 nitrogen and oxygen atoms in total. The van der Waals surface area contributed by atoms with E-state index in [2.05, 4.69) is 16.4 Å². The van der Waals surface area contributed by atoms with E-state index in [0.717, 1.165) is 36.2 Å². The van der Waals surface area contributed by atoms with E-state index in [1.807, 2.05) is 18.2 Å². The van der Waals surface area contributed by atoms with Crippen LogP contribution in [0.25, 0.3) is 0 Å². The van der Waals surface area contributed by atoms with Gasteiger partial charge < -0.3 is 10.4 Å². The van der Waals surface area contributed by atoms with E-state index in [9.17, 15) is 9.59 Å². The molecule has 2 N–H and O–H groups in total. The molecular formula is C17H18N2O3S. The van der Waals surface area contributed by atoms with Crippen LogP contribution in [0.1, 0.15) is 50.3 Å². The summed E-state index contributed by atoms with van der Waals surface area (Å²) in [5, 5.41) is 12.6. The topological polar surface area (TPSA) is 79.3 Å². The molecule has 2 aromatic rings. The third-order valence-corrected chi connectivity index (χ3v) is 5.28. The molecule has 0 radical (unpaired) electrons. The maximum absolute atomic E-state index is 12.5.